The quantitative estimate of drug-likeness (QED) is 0.162. The van der Waals surface area contributed by atoms with Crippen LogP contribution in [0.2, 0.25) is 0 Å². The van der Waals surface area contributed by atoms with Crippen molar-refractivity contribution in [1.29, 1.82) is 0 Å². The maximum atomic E-state index is 16.7. The second-order valence-corrected chi connectivity index (χ2v) is 22.2. The number of hydrogen-bond acceptors (Lipinski definition) is 4. The molecule has 3 aliphatic rings. The minimum atomic E-state index is -3.66. The van der Waals surface area contributed by atoms with Crippen molar-refractivity contribution in [3.63, 3.8) is 0 Å². The third-order valence-corrected chi connectivity index (χ3v) is 19.0. The van der Waals surface area contributed by atoms with Gasteiger partial charge in [-0.25, -0.2) is 0 Å². The zero-order valence-corrected chi connectivity index (χ0v) is 41.2. The van der Waals surface area contributed by atoms with E-state index in [1.165, 1.54) is 22.3 Å². The van der Waals surface area contributed by atoms with Crippen LogP contribution in [0.3, 0.4) is 0 Å². The fourth-order valence-corrected chi connectivity index (χ4v) is 15.7. The van der Waals surface area contributed by atoms with E-state index in [2.05, 4.69) is 235 Å². The summed E-state index contributed by atoms with van der Waals surface area (Å²) in [6.45, 7) is 0. The Hall–Kier alpha value is -9.08. The van der Waals surface area contributed by atoms with E-state index in [0.717, 1.165) is 61.8 Å². The summed E-state index contributed by atoms with van der Waals surface area (Å²) in [5.41, 5.74) is 16.0. The molecule has 0 amide bonds. The van der Waals surface area contributed by atoms with E-state index in [9.17, 15) is 4.79 Å². The first-order chi connectivity index (χ1) is 36.5. The van der Waals surface area contributed by atoms with Crippen molar-refractivity contribution >= 4 is 57.3 Å². The molecule has 350 valence electrons. The summed E-state index contributed by atoms with van der Waals surface area (Å²) < 4.78 is 16.7. The number of anilines is 5. The SMILES string of the molecule is O=C1c2ccccc2P(=O)(c2ccc(N3c4ccccc4C(c4ccccc4)(c4ccccc4)c4ccccc43)cc2)c2cc(-c3cccc(C4(c5ccccc5)c5ccccc5Nc5ccccc54)c3)ccc21. The van der Waals surface area contributed by atoms with Crippen LogP contribution in [0.5, 0.6) is 0 Å². The second-order valence-electron chi connectivity index (χ2n) is 19.5. The highest BCUT2D eigenvalue weighted by atomic mass is 31.2. The molecule has 1 atom stereocenters. The van der Waals surface area contributed by atoms with Gasteiger partial charge in [0.1, 0.15) is 0 Å². The smallest absolute Gasteiger partial charge is 0.194 e. The Balaban J connectivity index is 0.919. The Morgan fingerprint density at radius 3 is 1.38 bits per heavy atom. The lowest BCUT2D eigenvalue weighted by molar-refractivity contribution is 0.104. The molecule has 0 fully saturated rings. The maximum absolute atomic E-state index is 16.7. The summed E-state index contributed by atoms with van der Waals surface area (Å²) in [5.74, 6) is -0.119. The Bertz CT molecular complexity index is 3920. The van der Waals surface area contributed by atoms with Crippen molar-refractivity contribution in [2.45, 2.75) is 10.8 Å². The first kappa shape index (κ1) is 43.7. The van der Waals surface area contributed by atoms with E-state index >= 15 is 4.57 Å². The third-order valence-electron chi connectivity index (χ3n) is 15.8. The number of para-hydroxylation sites is 4. The van der Waals surface area contributed by atoms with Gasteiger partial charge >= 0.3 is 0 Å². The summed E-state index contributed by atoms with van der Waals surface area (Å²) in [7, 11) is -3.66. The number of carbonyl (C=O) groups excluding carboxylic acids is 1. The van der Waals surface area contributed by atoms with Crippen molar-refractivity contribution in [2.75, 3.05) is 10.2 Å². The summed E-state index contributed by atoms with van der Waals surface area (Å²) in [6.07, 6.45) is 0. The van der Waals surface area contributed by atoms with Crippen molar-refractivity contribution in [1.82, 2.24) is 0 Å². The van der Waals surface area contributed by atoms with Crippen LogP contribution >= 0.6 is 7.14 Å². The van der Waals surface area contributed by atoms with Crippen LogP contribution in [0.1, 0.15) is 60.4 Å². The summed E-state index contributed by atoms with van der Waals surface area (Å²) in [4.78, 5) is 16.9. The highest BCUT2D eigenvalue weighted by Crippen LogP contribution is 2.59. The van der Waals surface area contributed by atoms with Crippen molar-refractivity contribution in [3.8, 4) is 11.1 Å². The molecule has 74 heavy (non-hydrogen) atoms. The highest BCUT2D eigenvalue weighted by Gasteiger charge is 2.48. The molecule has 0 radical (unpaired) electrons. The van der Waals surface area contributed by atoms with Crippen LogP contribution in [0.25, 0.3) is 11.1 Å². The van der Waals surface area contributed by atoms with Gasteiger partial charge in [-0.05, 0) is 122 Å². The predicted molar refractivity (Wildman–Crippen MR) is 303 cm³/mol. The largest absolute Gasteiger partial charge is 0.355 e. The van der Waals surface area contributed by atoms with Gasteiger partial charge in [0.25, 0.3) is 0 Å². The fraction of sp³-hybridized carbons (Fsp3) is 0.0290. The molecular formula is C69H47N2O2P. The number of nitrogens with one attached hydrogen (secondary N) is 1. The predicted octanol–water partition coefficient (Wildman–Crippen LogP) is 15.1. The normalized spacial score (nSPS) is 16.3. The lowest BCUT2D eigenvalue weighted by atomic mass is 9.62. The van der Waals surface area contributed by atoms with E-state index < -0.39 is 18.0 Å². The average molecular weight is 967 g/mol. The Morgan fingerprint density at radius 2 is 0.797 bits per heavy atom. The Labute approximate surface area is 431 Å². The highest BCUT2D eigenvalue weighted by molar-refractivity contribution is 7.85. The molecule has 0 aromatic heterocycles. The van der Waals surface area contributed by atoms with Gasteiger partial charge in [0.05, 0.1) is 22.2 Å². The molecule has 3 aliphatic heterocycles. The molecule has 3 heterocycles. The lowest BCUT2D eigenvalue weighted by Crippen LogP contribution is -2.38. The number of rotatable bonds is 7. The maximum Gasteiger partial charge on any atom is 0.194 e. The number of carbonyl (C=O) groups is 1. The monoisotopic (exact) mass is 966 g/mol. The minimum absolute atomic E-state index is 0.119. The number of ketones is 1. The van der Waals surface area contributed by atoms with Crippen LogP contribution in [0.4, 0.5) is 28.4 Å². The van der Waals surface area contributed by atoms with E-state index in [1.807, 2.05) is 54.6 Å². The molecule has 5 heteroatoms. The standard InChI is InChI=1S/C69H47N2O2P/c72-67-55-29-10-19-38-65(55)74(73,54-42-40-53(41-43-54)71-63-36-17-13-32-59(63)68(49-22-4-1-5-23-49,50-24-6-2-7-25-50)60-33-14-18-37-64(60)71)66-46-48(39-44-56(66)67)47-21-20-28-52(45-47)69(51-26-8-3-9-27-51)57-30-11-15-34-61(57)70-62-35-16-12-31-58(62)69/h1-46,70H. The molecule has 0 spiro atoms. The van der Waals surface area contributed by atoms with Gasteiger partial charge in [-0.2, -0.15) is 0 Å². The zero-order valence-electron chi connectivity index (χ0n) is 40.3. The van der Waals surface area contributed by atoms with Crippen LogP contribution in [-0.4, -0.2) is 5.78 Å². The molecule has 0 saturated carbocycles. The summed E-state index contributed by atoms with van der Waals surface area (Å²) in [6, 6.07) is 97.4. The van der Waals surface area contributed by atoms with Gasteiger partial charge < -0.3 is 14.8 Å². The Morgan fingerprint density at radius 1 is 0.351 bits per heavy atom. The van der Waals surface area contributed by atoms with Gasteiger partial charge in [0.2, 0.25) is 0 Å². The number of benzene rings is 11. The Kier molecular flexibility index (Phi) is 10.1. The van der Waals surface area contributed by atoms with Crippen LogP contribution in [0.15, 0.2) is 279 Å². The molecule has 1 unspecified atom stereocenters. The molecule has 0 saturated heterocycles. The lowest BCUT2D eigenvalue weighted by Gasteiger charge is -2.46. The number of nitrogens with zero attached hydrogens (tertiary/aromatic N) is 1. The fourth-order valence-electron chi connectivity index (χ4n) is 12.7. The number of fused-ring (bicyclic) bond motifs is 6. The van der Waals surface area contributed by atoms with E-state index in [0.29, 0.717) is 27.0 Å². The van der Waals surface area contributed by atoms with Gasteiger partial charge in [-0.1, -0.05) is 212 Å². The van der Waals surface area contributed by atoms with Gasteiger partial charge in [0, 0.05) is 44.1 Å². The van der Waals surface area contributed by atoms with Gasteiger partial charge in [-0.3, -0.25) is 4.79 Å². The molecule has 0 bridgehead atoms. The van der Waals surface area contributed by atoms with Crippen LogP contribution < -0.4 is 26.1 Å². The molecule has 1 N–H and O–H groups in total. The average Bonchev–Trinajstić information content (AvgIpc) is 3.49. The third kappa shape index (κ3) is 6.22. The second kappa shape index (κ2) is 17.0. The van der Waals surface area contributed by atoms with Crippen LogP contribution in [0, 0.1) is 0 Å². The van der Waals surface area contributed by atoms with E-state index in [-0.39, 0.29) is 5.78 Å². The summed E-state index contributed by atoms with van der Waals surface area (Å²) in [5, 5.41) is 5.51. The first-order valence-corrected chi connectivity index (χ1v) is 26.9. The molecule has 11 aromatic carbocycles. The minimum Gasteiger partial charge on any atom is -0.355 e. The number of hydrogen-bond donors (Lipinski definition) is 1. The van der Waals surface area contributed by atoms with Crippen LogP contribution in [-0.2, 0) is 15.4 Å². The molecular weight excluding hydrogens is 920 g/mol. The topological polar surface area (TPSA) is 49.4 Å². The molecule has 0 aliphatic carbocycles. The zero-order chi connectivity index (χ0) is 49.4. The van der Waals surface area contributed by atoms with Gasteiger partial charge in [0.15, 0.2) is 12.9 Å². The van der Waals surface area contributed by atoms with Crippen molar-refractivity contribution in [2.24, 2.45) is 0 Å². The van der Waals surface area contributed by atoms with Crippen molar-refractivity contribution < 1.29 is 9.36 Å². The molecule has 11 aromatic rings. The molecule has 4 nitrogen and oxygen atoms in total. The first-order valence-electron chi connectivity index (χ1n) is 25.2. The van der Waals surface area contributed by atoms with Crippen molar-refractivity contribution in [3.05, 3.63) is 335 Å². The molecule has 14 rings (SSSR count). The van der Waals surface area contributed by atoms with E-state index in [4.69, 9.17) is 0 Å². The van der Waals surface area contributed by atoms with Gasteiger partial charge in [-0.15, -0.1) is 0 Å². The summed E-state index contributed by atoms with van der Waals surface area (Å²) >= 11 is 0. The van der Waals surface area contributed by atoms with E-state index in [1.54, 1.807) is 0 Å².